The molecule has 1 aromatic carbocycles. The van der Waals surface area contributed by atoms with Gasteiger partial charge in [-0.2, -0.15) is 4.99 Å². The van der Waals surface area contributed by atoms with Gasteiger partial charge in [-0.3, -0.25) is 15.8 Å². The maximum atomic E-state index is 12.2. The smallest absolute Gasteiger partial charge is 0.335 e. The van der Waals surface area contributed by atoms with E-state index in [0.29, 0.717) is 3.57 Å². The number of amides is 2. The average molecular weight is 451 g/mol. The van der Waals surface area contributed by atoms with E-state index in [2.05, 4.69) is 15.7 Å². The number of urea groups is 1. The number of hydrazine groups is 1. The van der Waals surface area contributed by atoms with E-state index in [9.17, 15) is 13.2 Å². The molecule has 0 saturated heterocycles. The highest BCUT2D eigenvalue weighted by atomic mass is 127. The van der Waals surface area contributed by atoms with Gasteiger partial charge in [-0.05, 0) is 34.7 Å². The molecule has 23 heavy (non-hydrogen) atoms. The number of guanidine groups is 1. The van der Waals surface area contributed by atoms with Crippen LogP contribution in [-0.4, -0.2) is 39.6 Å². The van der Waals surface area contributed by atoms with Gasteiger partial charge in [0.1, 0.15) is 4.90 Å². The summed E-state index contributed by atoms with van der Waals surface area (Å²) < 4.78 is 31.8. The summed E-state index contributed by atoms with van der Waals surface area (Å²) in [5.74, 6) is 0.282. The van der Waals surface area contributed by atoms with Crippen molar-refractivity contribution in [1.82, 2.24) is 20.5 Å². The van der Waals surface area contributed by atoms with Crippen LogP contribution in [0.25, 0.3) is 0 Å². The van der Waals surface area contributed by atoms with Crippen LogP contribution in [0.15, 0.2) is 46.2 Å². The third-order valence-corrected chi connectivity index (χ3v) is 5.30. The fraction of sp³-hybridized carbons (Fsp3) is 0.167. The Kier molecular flexibility index (Phi) is 5.30. The van der Waals surface area contributed by atoms with Crippen LogP contribution >= 0.6 is 22.6 Å². The number of carbonyl (C=O) groups is 1. The fourth-order valence-corrected chi connectivity index (χ4v) is 3.90. The second-order valence-electron chi connectivity index (χ2n) is 4.34. The van der Waals surface area contributed by atoms with Gasteiger partial charge in [0.2, 0.25) is 11.8 Å². The summed E-state index contributed by atoms with van der Waals surface area (Å²) in [5.41, 5.74) is 2.71. The molecule has 0 atom stereocenters. The lowest BCUT2D eigenvalue weighted by molar-refractivity contribution is 0.245. The van der Waals surface area contributed by atoms with Crippen molar-refractivity contribution in [3.63, 3.8) is 0 Å². The Morgan fingerprint density at radius 1 is 1.39 bits per heavy atom. The number of nitrogens with zero attached hydrogens (tertiary/aromatic N) is 2. The first-order valence-electron chi connectivity index (χ1n) is 6.24. The lowest BCUT2D eigenvalue weighted by atomic mass is 10.4. The van der Waals surface area contributed by atoms with Crippen LogP contribution in [0.4, 0.5) is 4.79 Å². The maximum Gasteiger partial charge on any atom is 0.335 e. The Hall–Kier alpha value is -2.02. The minimum atomic E-state index is -3.99. The van der Waals surface area contributed by atoms with Gasteiger partial charge in [0, 0.05) is 10.6 Å². The van der Waals surface area contributed by atoms with E-state index < -0.39 is 16.1 Å². The van der Waals surface area contributed by atoms with E-state index in [1.807, 2.05) is 27.3 Å². The predicted molar refractivity (Wildman–Crippen MR) is 91.4 cm³/mol. The Morgan fingerprint density at radius 3 is 2.74 bits per heavy atom. The summed E-state index contributed by atoms with van der Waals surface area (Å²) in [6.45, 7) is 0. The molecular formula is C12H14IN5O4S. The zero-order valence-electron chi connectivity index (χ0n) is 12.2. The fourth-order valence-electron chi connectivity index (χ4n) is 1.66. The Balaban J connectivity index is 2.10. The van der Waals surface area contributed by atoms with Gasteiger partial charge in [0.05, 0.1) is 13.3 Å². The number of ether oxygens (including phenoxy) is 1. The van der Waals surface area contributed by atoms with Crippen LogP contribution in [-0.2, 0) is 14.8 Å². The summed E-state index contributed by atoms with van der Waals surface area (Å²) in [7, 11) is -0.898. The third-order valence-electron chi connectivity index (χ3n) is 2.60. The van der Waals surface area contributed by atoms with E-state index in [1.54, 1.807) is 31.4 Å². The Bertz CT molecular complexity index is 777. The van der Waals surface area contributed by atoms with E-state index in [0.717, 1.165) is 0 Å². The van der Waals surface area contributed by atoms with Crippen molar-refractivity contribution in [2.45, 2.75) is 4.90 Å². The van der Waals surface area contributed by atoms with Gasteiger partial charge >= 0.3 is 6.03 Å². The zero-order chi connectivity index (χ0) is 17.0. The molecule has 9 nitrogen and oxygen atoms in total. The summed E-state index contributed by atoms with van der Waals surface area (Å²) in [5, 5.41) is 3.80. The highest BCUT2D eigenvalue weighted by molar-refractivity contribution is 14.1. The molecule has 2 amide bonds. The minimum Gasteiger partial charge on any atom is -0.480 e. The molecule has 0 aromatic heterocycles. The van der Waals surface area contributed by atoms with Crippen molar-refractivity contribution in [3.8, 4) is 0 Å². The predicted octanol–water partition coefficient (Wildman–Crippen LogP) is 0.530. The second kappa shape index (κ2) is 7.04. The Morgan fingerprint density at radius 2 is 2.09 bits per heavy atom. The van der Waals surface area contributed by atoms with E-state index in [4.69, 9.17) is 4.74 Å². The van der Waals surface area contributed by atoms with Crippen molar-refractivity contribution >= 4 is 44.6 Å². The molecule has 0 unspecified atom stereocenters. The summed E-state index contributed by atoms with van der Waals surface area (Å²) in [6.07, 6.45) is 1.55. The quantitative estimate of drug-likeness (QED) is 0.579. The van der Waals surface area contributed by atoms with Crippen molar-refractivity contribution < 1.29 is 17.9 Å². The number of carbonyl (C=O) groups excluding carboxylic acids is 1. The molecule has 11 heteroatoms. The molecule has 3 N–H and O–H groups in total. The molecule has 0 fully saturated rings. The monoisotopic (exact) mass is 451 g/mol. The number of nitrogens with one attached hydrogen (secondary N) is 3. The number of halogens is 1. The largest absolute Gasteiger partial charge is 0.480 e. The number of aliphatic imine (C=N–C) groups is 1. The van der Waals surface area contributed by atoms with Crippen LogP contribution in [0, 0.1) is 3.57 Å². The number of hydrogen-bond donors (Lipinski definition) is 3. The van der Waals surface area contributed by atoms with Gasteiger partial charge in [0.25, 0.3) is 10.0 Å². The van der Waals surface area contributed by atoms with Crippen molar-refractivity contribution in [2.75, 3.05) is 14.2 Å². The second-order valence-corrected chi connectivity index (χ2v) is 7.16. The maximum absolute atomic E-state index is 12.2. The number of hydrogen-bond acceptors (Lipinski definition) is 7. The van der Waals surface area contributed by atoms with Gasteiger partial charge in [-0.15, -0.1) is 0 Å². The van der Waals surface area contributed by atoms with Crippen LogP contribution in [0.1, 0.15) is 0 Å². The molecule has 0 radical (unpaired) electrons. The molecule has 0 saturated carbocycles. The van der Waals surface area contributed by atoms with Crippen LogP contribution < -0.4 is 15.5 Å². The van der Waals surface area contributed by atoms with Gasteiger partial charge in [-0.25, -0.2) is 17.9 Å². The molecule has 1 aliphatic heterocycles. The van der Waals surface area contributed by atoms with Crippen LogP contribution in [0.3, 0.4) is 0 Å². The van der Waals surface area contributed by atoms with Gasteiger partial charge < -0.3 is 4.74 Å². The zero-order valence-corrected chi connectivity index (χ0v) is 15.2. The van der Waals surface area contributed by atoms with Crippen molar-refractivity contribution in [1.29, 1.82) is 0 Å². The van der Waals surface area contributed by atoms with E-state index in [1.165, 1.54) is 18.2 Å². The highest BCUT2D eigenvalue weighted by Crippen LogP contribution is 2.16. The molecule has 124 valence electrons. The summed E-state index contributed by atoms with van der Waals surface area (Å²) >= 11 is 1.88. The topological polar surface area (TPSA) is 112 Å². The van der Waals surface area contributed by atoms with Crippen LogP contribution in [0.2, 0.25) is 0 Å². The standard InChI is InChI=1S/C12H14IN5O4S/c1-18-7-10(22-2)14-11(16-18)15-12(19)17-23(20,21)9-6-4-3-5-8(9)13/h3-7H,1-2H3,(H3,14,15,16,17,19). The SMILES string of the molecule is COC1=CN(C)NC(NC(=O)NS(=O)(=O)c2ccccc2I)=N1. The molecule has 0 spiro atoms. The third kappa shape index (κ3) is 4.48. The lowest BCUT2D eigenvalue weighted by Crippen LogP contribution is -2.52. The number of sulfonamides is 1. The molecular weight excluding hydrogens is 437 g/mol. The molecule has 2 rings (SSSR count). The summed E-state index contributed by atoms with van der Waals surface area (Å²) in [4.78, 5) is 15.9. The Labute approximate surface area is 146 Å². The molecule has 1 aromatic rings. The van der Waals surface area contributed by atoms with Gasteiger partial charge in [0.15, 0.2) is 0 Å². The van der Waals surface area contributed by atoms with Crippen molar-refractivity contribution in [3.05, 3.63) is 39.9 Å². The molecule has 1 aliphatic rings. The lowest BCUT2D eigenvalue weighted by Gasteiger charge is -2.23. The van der Waals surface area contributed by atoms with E-state index in [-0.39, 0.29) is 16.7 Å². The number of benzene rings is 1. The number of methoxy groups -OCH3 is 1. The first-order valence-corrected chi connectivity index (χ1v) is 8.80. The number of rotatable bonds is 3. The first-order chi connectivity index (χ1) is 10.8. The normalized spacial score (nSPS) is 14.3. The molecule has 0 aliphatic carbocycles. The molecule has 0 bridgehead atoms. The summed E-state index contributed by atoms with van der Waals surface area (Å²) in [6, 6.07) is 5.38. The van der Waals surface area contributed by atoms with E-state index >= 15 is 0 Å². The average Bonchev–Trinajstić information content (AvgIpc) is 2.46. The first kappa shape index (κ1) is 17.3. The van der Waals surface area contributed by atoms with Gasteiger partial charge in [-0.1, -0.05) is 12.1 Å². The van der Waals surface area contributed by atoms with Crippen molar-refractivity contribution in [2.24, 2.45) is 4.99 Å². The molecule has 1 heterocycles. The van der Waals surface area contributed by atoms with Crippen LogP contribution in [0.5, 0.6) is 0 Å². The highest BCUT2D eigenvalue weighted by Gasteiger charge is 2.21. The minimum absolute atomic E-state index is 0.0175.